The van der Waals surface area contributed by atoms with Gasteiger partial charge in [0.05, 0.1) is 24.0 Å². The first-order valence-electron chi connectivity index (χ1n) is 7.50. The van der Waals surface area contributed by atoms with Crippen LogP contribution in [0.25, 0.3) is 0 Å². The SMILES string of the molecule is CCOC(=O)Cc1csc(S[C@@H](C)C(=O)NC(=O)NC(C)(C)C)n1. The number of hydrogen-bond donors (Lipinski definition) is 2. The molecule has 0 aliphatic heterocycles. The normalized spacial score (nSPS) is 12.4. The van der Waals surface area contributed by atoms with E-state index in [2.05, 4.69) is 15.6 Å². The zero-order valence-electron chi connectivity index (χ0n) is 14.5. The first kappa shape index (κ1) is 20.4. The van der Waals surface area contributed by atoms with Crippen LogP contribution in [0.2, 0.25) is 0 Å². The van der Waals surface area contributed by atoms with Crippen LogP contribution >= 0.6 is 23.1 Å². The van der Waals surface area contributed by atoms with Crippen LogP contribution in [-0.2, 0) is 20.7 Å². The van der Waals surface area contributed by atoms with Crippen molar-refractivity contribution in [1.29, 1.82) is 0 Å². The summed E-state index contributed by atoms with van der Waals surface area (Å²) in [5, 5.41) is 6.24. The van der Waals surface area contributed by atoms with Gasteiger partial charge in [-0.2, -0.15) is 0 Å². The number of thioether (sulfide) groups is 1. The molecule has 1 atom stereocenters. The van der Waals surface area contributed by atoms with Crippen LogP contribution in [0, 0.1) is 0 Å². The first-order valence-corrected chi connectivity index (χ1v) is 9.26. The zero-order valence-corrected chi connectivity index (χ0v) is 16.1. The lowest BCUT2D eigenvalue weighted by Gasteiger charge is -2.21. The number of amides is 3. The van der Waals surface area contributed by atoms with Crippen LogP contribution < -0.4 is 10.6 Å². The van der Waals surface area contributed by atoms with Gasteiger partial charge in [0.2, 0.25) is 5.91 Å². The maximum atomic E-state index is 12.0. The van der Waals surface area contributed by atoms with Gasteiger partial charge in [-0.1, -0.05) is 11.8 Å². The van der Waals surface area contributed by atoms with E-state index in [-0.39, 0.29) is 12.4 Å². The summed E-state index contributed by atoms with van der Waals surface area (Å²) in [4.78, 5) is 39.4. The number of urea groups is 1. The average molecular weight is 374 g/mol. The smallest absolute Gasteiger partial charge is 0.321 e. The number of hydrogen-bond acceptors (Lipinski definition) is 7. The number of rotatable bonds is 6. The van der Waals surface area contributed by atoms with E-state index in [1.165, 1.54) is 23.1 Å². The standard InChI is InChI=1S/C15H23N3O4S2/c1-6-22-11(19)7-10-8-23-14(16-10)24-9(2)12(20)17-13(21)18-15(3,4)5/h8-9H,6-7H2,1-5H3,(H2,17,18,20,21)/t9-/m0/s1. The van der Waals surface area contributed by atoms with Crippen molar-refractivity contribution in [2.24, 2.45) is 0 Å². The van der Waals surface area contributed by atoms with Crippen LogP contribution in [0.4, 0.5) is 4.79 Å². The summed E-state index contributed by atoms with van der Waals surface area (Å²) in [5.41, 5.74) is 0.192. The van der Waals surface area contributed by atoms with Gasteiger partial charge < -0.3 is 10.1 Å². The Hall–Kier alpha value is -1.61. The van der Waals surface area contributed by atoms with Gasteiger partial charge in [0.15, 0.2) is 4.34 Å². The lowest BCUT2D eigenvalue weighted by atomic mass is 10.1. The Kier molecular flexibility index (Phi) is 7.68. The van der Waals surface area contributed by atoms with Crippen molar-refractivity contribution in [3.05, 3.63) is 11.1 Å². The second-order valence-corrected chi connectivity index (χ2v) is 8.49. The highest BCUT2D eigenvalue weighted by Crippen LogP contribution is 2.27. The summed E-state index contributed by atoms with van der Waals surface area (Å²) >= 11 is 2.58. The van der Waals surface area contributed by atoms with Crippen molar-refractivity contribution in [1.82, 2.24) is 15.6 Å². The van der Waals surface area contributed by atoms with E-state index in [1.54, 1.807) is 19.2 Å². The Morgan fingerprint density at radius 2 is 2.04 bits per heavy atom. The lowest BCUT2D eigenvalue weighted by Crippen LogP contribution is -2.49. The highest BCUT2D eigenvalue weighted by atomic mass is 32.2. The van der Waals surface area contributed by atoms with Crippen molar-refractivity contribution in [3.8, 4) is 0 Å². The van der Waals surface area contributed by atoms with E-state index in [0.717, 1.165) is 0 Å². The molecule has 0 unspecified atom stereocenters. The number of thiazole rings is 1. The minimum absolute atomic E-state index is 0.111. The maximum absolute atomic E-state index is 12.0. The summed E-state index contributed by atoms with van der Waals surface area (Å²) in [5.74, 6) is -0.729. The van der Waals surface area contributed by atoms with E-state index in [9.17, 15) is 14.4 Å². The third-order valence-electron chi connectivity index (χ3n) is 2.53. The molecule has 1 heterocycles. The third-order valence-corrected chi connectivity index (χ3v) is 4.65. The second-order valence-electron chi connectivity index (χ2n) is 6.04. The molecule has 1 aromatic heterocycles. The Morgan fingerprint density at radius 3 is 2.62 bits per heavy atom. The van der Waals surface area contributed by atoms with E-state index in [4.69, 9.17) is 4.74 Å². The number of nitrogens with zero attached hydrogens (tertiary/aromatic N) is 1. The molecule has 0 fully saturated rings. The molecule has 0 saturated carbocycles. The number of aromatic nitrogens is 1. The van der Waals surface area contributed by atoms with Crippen molar-refractivity contribution in [3.63, 3.8) is 0 Å². The molecule has 7 nitrogen and oxygen atoms in total. The molecular formula is C15H23N3O4S2. The number of carbonyl (C=O) groups excluding carboxylic acids is 3. The Bertz CT molecular complexity index is 596. The lowest BCUT2D eigenvalue weighted by molar-refractivity contribution is -0.142. The van der Waals surface area contributed by atoms with Gasteiger partial charge in [-0.25, -0.2) is 9.78 Å². The molecule has 134 valence electrons. The van der Waals surface area contributed by atoms with Gasteiger partial charge in [-0.3, -0.25) is 14.9 Å². The summed E-state index contributed by atoms with van der Waals surface area (Å²) < 4.78 is 5.53. The predicted octanol–water partition coefficient (Wildman–Crippen LogP) is 2.35. The number of imide groups is 1. The monoisotopic (exact) mass is 373 g/mol. The number of esters is 1. The van der Waals surface area contributed by atoms with Crippen molar-refractivity contribution in [2.45, 2.75) is 56.2 Å². The van der Waals surface area contributed by atoms with Crippen molar-refractivity contribution < 1.29 is 19.1 Å². The molecule has 24 heavy (non-hydrogen) atoms. The van der Waals surface area contributed by atoms with Gasteiger partial charge in [0.1, 0.15) is 0 Å². The quantitative estimate of drug-likeness (QED) is 0.587. The fourth-order valence-corrected chi connectivity index (χ4v) is 3.55. The van der Waals surface area contributed by atoms with Crippen LogP contribution in [0.15, 0.2) is 9.72 Å². The molecule has 0 bridgehead atoms. The molecule has 9 heteroatoms. The van der Waals surface area contributed by atoms with E-state index < -0.39 is 22.7 Å². The zero-order chi connectivity index (χ0) is 18.3. The largest absolute Gasteiger partial charge is 0.466 e. The van der Waals surface area contributed by atoms with Gasteiger partial charge >= 0.3 is 12.0 Å². The van der Waals surface area contributed by atoms with E-state index in [0.29, 0.717) is 16.6 Å². The molecule has 3 amide bonds. The average Bonchev–Trinajstić information content (AvgIpc) is 2.83. The minimum Gasteiger partial charge on any atom is -0.466 e. The summed E-state index contributed by atoms with van der Waals surface area (Å²) in [6.07, 6.45) is 0.111. The molecule has 0 aliphatic rings. The highest BCUT2D eigenvalue weighted by Gasteiger charge is 2.21. The minimum atomic E-state index is -0.526. The topological polar surface area (TPSA) is 97.4 Å². The summed E-state index contributed by atoms with van der Waals surface area (Å²) in [6.45, 7) is 9.26. The van der Waals surface area contributed by atoms with Crippen LogP contribution in [0.5, 0.6) is 0 Å². The van der Waals surface area contributed by atoms with Crippen LogP contribution in [-0.4, -0.2) is 40.3 Å². The van der Waals surface area contributed by atoms with Crippen LogP contribution in [0.3, 0.4) is 0 Å². The Balaban J connectivity index is 2.51. The Labute approximate surface area is 149 Å². The van der Waals surface area contributed by atoms with Gasteiger partial charge in [-0.05, 0) is 34.6 Å². The molecule has 2 N–H and O–H groups in total. The van der Waals surface area contributed by atoms with Gasteiger partial charge in [0, 0.05) is 10.9 Å². The number of carbonyl (C=O) groups is 3. The fraction of sp³-hybridized carbons (Fsp3) is 0.600. The summed E-state index contributed by atoms with van der Waals surface area (Å²) in [6, 6.07) is -0.526. The summed E-state index contributed by atoms with van der Waals surface area (Å²) in [7, 11) is 0. The second kappa shape index (κ2) is 9.03. The molecule has 1 rings (SSSR count). The molecule has 0 spiro atoms. The molecule has 0 aromatic carbocycles. The maximum Gasteiger partial charge on any atom is 0.321 e. The fourth-order valence-electron chi connectivity index (χ4n) is 1.57. The van der Waals surface area contributed by atoms with Crippen molar-refractivity contribution >= 4 is 41.0 Å². The first-order chi connectivity index (χ1) is 11.1. The molecule has 0 aliphatic carbocycles. The number of nitrogens with one attached hydrogen (secondary N) is 2. The van der Waals surface area contributed by atoms with E-state index >= 15 is 0 Å². The number of ether oxygens (including phenoxy) is 1. The molecule has 1 aromatic rings. The van der Waals surface area contributed by atoms with Gasteiger partial charge in [-0.15, -0.1) is 11.3 Å². The van der Waals surface area contributed by atoms with Crippen molar-refractivity contribution in [2.75, 3.05) is 6.61 Å². The van der Waals surface area contributed by atoms with Crippen LogP contribution in [0.1, 0.15) is 40.3 Å². The molecule has 0 saturated heterocycles. The van der Waals surface area contributed by atoms with E-state index in [1.807, 2.05) is 20.8 Å². The van der Waals surface area contributed by atoms with Gasteiger partial charge in [0.25, 0.3) is 0 Å². The highest BCUT2D eigenvalue weighted by molar-refractivity contribution is 8.02. The Morgan fingerprint density at radius 1 is 1.38 bits per heavy atom. The third kappa shape index (κ3) is 7.78. The molecule has 0 radical (unpaired) electrons. The molecular weight excluding hydrogens is 350 g/mol. The predicted molar refractivity (Wildman–Crippen MR) is 94.2 cm³/mol.